The average molecular weight is 549 g/mol. The van der Waals surface area contributed by atoms with Crippen LogP contribution >= 0.6 is 0 Å². The summed E-state index contributed by atoms with van der Waals surface area (Å²) in [5.41, 5.74) is 2.17. The minimum Gasteiger partial charge on any atom is -0.355 e. The Balaban J connectivity index is 1.69. The minimum atomic E-state index is -4.79. The summed E-state index contributed by atoms with van der Waals surface area (Å²) in [6, 6.07) is 13.3. The predicted molar refractivity (Wildman–Crippen MR) is 143 cm³/mol. The smallest absolute Gasteiger partial charge is 0.355 e. The van der Waals surface area contributed by atoms with Crippen molar-refractivity contribution in [1.82, 2.24) is 25.1 Å². The van der Waals surface area contributed by atoms with Crippen LogP contribution in [0.1, 0.15) is 62.6 Å². The van der Waals surface area contributed by atoms with Crippen molar-refractivity contribution in [2.75, 3.05) is 12.4 Å². The molecule has 0 spiro atoms. The molecule has 1 aliphatic rings. The minimum absolute atomic E-state index is 0.0251. The molecule has 206 valence electrons. The molecule has 1 aliphatic carbocycles. The third-order valence-corrected chi connectivity index (χ3v) is 6.89. The van der Waals surface area contributed by atoms with Crippen molar-refractivity contribution in [2.45, 2.75) is 45.2 Å². The van der Waals surface area contributed by atoms with Gasteiger partial charge < -0.3 is 10.6 Å². The van der Waals surface area contributed by atoms with Gasteiger partial charge in [-0.15, -0.1) is 0 Å². The number of aryl methyl sites for hydroxylation is 2. The summed E-state index contributed by atoms with van der Waals surface area (Å²) in [4.78, 5) is 35.8. The van der Waals surface area contributed by atoms with Gasteiger partial charge in [0.25, 0.3) is 11.8 Å². The zero-order valence-corrected chi connectivity index (χ0v) is 22.0. The van der Waals surface area contributed by atoms with E-state index in [2.05, 4.69) is 20.7 Å². The van der Waals surface area contributed by atoms with E-state index in [1.165, 1.54) is 13.2 Å². The van der Waals surface area contributed by atoms with Crippen molar-refractivity contribution in [2.24, 2.45) is 0 Å². The fourth-order valence-corrected chi connectivity index (χ4v) is 4.99. The van der Waals surface area contributed by atoms with Crippen molar-refractivity contribution < 1.29 is 22.8 Å². The Hall–Kier alpha value is -4.54. The van der Waals surface area contributed by atoms with Crippen LogP contribution in [0.15, 0.2) is 54.7 Å². The number of alkyl halides is 3. The Kier molecular flexibility index (Phi) is 7.38. The van der Waals surface area contributed by atoms with E-state index in [1.807, 2.05) is 30.3 Å². The first kappa shape index (κ1) is 27.0. The lowest BCUT2D eigenvalue weighted by atomic mass is 9.91. The van der Waals surface area contributed by atoms with Crippen LogP contribution in [-0.4, -0.2) is 38.6 Å². The van der Waals surface area contributed by atoms with Crippen molar-refractivity contribution in [1.29, 1.82) is 0 Å². The molecule has 0 radical (unpaired) electrons. The molecule has 2 amide bonds. The maximum Gasteiger partial charge on any atom is 0.435 e. The summed E-state index contributed by atoms with van der Waals surface area (Å²) in [7, 11) is 1.48. The number of carbonyl (C=O) groups excluding carboxylic acids is 2. The summed E-state index contributed by atoms with van der Waals surface area (Å²) in [6.07, 6.45) is 0.783. The van der Waals surface area contributed by atoms with Crippen molar-refractivity contribution in [3.05, 3.63) is 88.5 Å². The zero-order chi connectivity index (χ0) is 28.4. The zero-order valence-electron chi connectivity index (χ0n) is 22.0. The Morgan fingerprint density at radius 1 is 0.975 bits per heavy atom. The van der Waals surface area contributed by atoms with Crippen LogP contribution in [0.3, 0.4) is 0 Å². The van der Waals surface area contributed by atoms with Gasteiger partial charge in [-0.1, -0.05) is 42.8 Å². The number of nitrogens with one attached hydrogen (secondary N) is 2. The Morgan fingerprint density at radius 3 is 2.42 bits per heavy atom. The molecule has 1 aromatic carbocycles. The van der Waals surface area contributed by atoms with Crippen molar-refractivity contribution in [3.8, 4) is 16.9 Å². The molecule has 0 bridgehead atoms. The quantitative estimate of drug-likeness (QED) is 0.319. The molecule has 0 saturated carbocycles. The third kappa shape index (κ3) is 5.18. The number of anilines is 1. The monoisotopic (exact) mass is 548 g/mol. The number of hydrogen-bond donors (Lipinski definition) is 2. The Morgan fingerprint density at radius 2 is 1.73 bits per heavy atom. The number of carbonyl (C=O) groups is 2. The van der Waals surface area contributed by atoms with Gasteiger partial charge in [-0.3, -0.25) is 9.59 Å². The normalized spacial score (nSPS) is 13.3. The molecule has 8 nitrogen and oxygen atoms in total. The first-order valence-electron chi connectivity index (χ1n) is 12.9. The molecule has 5 rings (SSSR count). The van der Waals surface area contributed by atoms with E-state index in [0.717, 1.165) is 40.8 Å². The van der Waals surface area contributed by atoms with E-state index in [4.69, 9.17) is 4.98 Å². The molecular formula is C29H27F3N6O2. The maximum absolute atomic E-state index is 13.7. The van der Waals surface area contributed by atoms with Gasteiger partial charge in [0, 0.05) is 30.6 Å². The first-order chi connectivity index (χ1) is 19.2. The second kappa shape index (κ2) is 10.9. The van der Waals surface area contributed by atoms with Crippen LogP contribution in [0.5, 0.6) is 0 Å². The number of aromatic nitrogens is 4. The van der Waals surface area contributed by atoms with Gasteiger partial charge in [0.2, 0.25) is 0 Å². The average Bonchev–Trinajstić information content (AvgIpc) is 3.27. The fourth-order valence-electron chi connectivity index (χ4n) is 4.99. The molecule has 0 aliphatic heterocycles. The second-order valence-electron chi connectivity index (χ2n) is 9.56. The molecule has 11 heteroatoms. The van der Waals surface area contributed by atoms with Crippen LogP contribution in [0.2, 0.25) is 0 Å². The molecule has 4 aromatic rings. The lowest BCUT2D eigenvalue weighted by Crippen LogP contribution is -2.26. The van der Waals surface area contributed by atoms with Gasteiger partial charge in [0.05, 0.1) is 5.56 Å². The third-order valence-electron chi connectivity index (χ3n) is 6.89. The van der Waals surface area contributed by atoms with E-state index in [0.29, 0.717) is 30.0 Å². The van der Waals surface area contributed by atoms with Crippen LogP contribution in [0, 0.1) is 6.92 Å². The molecular weight excluding hydrogens is 521 g/mol. The number of rotatable bonds is 5. The van der Waals surface area contributed by atoms with E-state index in [9.17, 15) is 22.8 Å². The van der Waals surface area contributed by atoms with E-state index < -0.39 is 29.4 Å². The molecule has 0 atom stereocenters. The van der Waals surface area contributed by atoms with Gasteiger partial charge in [0.1, 0.15) is 11.5 Å². The molecule has 3 aromatic heterocycles. The molecule has 0 unspecified atom stereocenters. The Labute approximate surface area is 228 Å². The summed E-state index contributed by atoms with van der Waals surface area (Å²) >= 11 is 0. The van der Waals surface area contributed by atoms with Gasteiger partial charge in [-0.05, 0) is 55.4 Å². The van der Waals surface area contributed by atoms with Gasteiger partial charge in [-0.25, -0.2) is 14.6 Å². The van der Waals surface area contributed by atoms with E-state index in [1.54, 1.807) is 19.1 Å². The second-order valence-corrected chi connectivity index (χ2v) is 9.56. The highest BCUT2D eigenvalue weighted by Gasteiger charge is 2.37. The standard InChI is InChI=1S/C29H27F3N6O2/c1-17-10-9-15-34-26(17)38-21(16-22(37-38)29(30,31)32)27(39)36-25-24(28(40)33-2)23(18-11-5-3-6-12-18)19-13-7-4-8-14-20(19)35-25/h3,5-6,9-12,15-16H,4,7-8,13-14H2,1-2H3,(H,33,40)(H,35,36,39). The van der Waals surface area contributed by atoms with Gasteiger partial charge in [0.15, 0.2) is 11.5 Å². The van der Waals surface area contributed by atoms with Crippen molar-refractivity contribution >= 4 is 17.6 Å². The van der Waals surface area contributed by atoms with Gasteiger partial charge >= 0.3 is 6.18 Å². The maximum atomic E-state index is 13.7. The van der Waals surface area contributed by atoms with Crippen LogP contribution in [0.4, 0.5) is 19.0 Å². The lowest BCUT2D eigenvalue weighted by molar-refractivity contribution is -0.141. The number of hydrogen-bond acceptors (Lipinski definition) is 5. The summed E-state index contributed by atoms with van der Waals surface area (Å²) < 4.78 is 41.9. The molecule has 0 fully saturated rings. The Bertz CT molecular complexity index is 1580. The predicted octanol–water partition coefficient (Wildman–Crippen LogP) is 5.54. The van der Waals surface area contributed by atoms with E-state index in [-0.39, 0.29) is 17.2 Å². The van der Waals surface area contributed by atoms with Crippen LogP contribution in [-0.2, 0) is 19.0 Å². The number of benzene rings is 1. The number of amides is 2. The highest BCUT2D eigenvalue weighted by atomic mass is 19.4. The summed E-state index contributed by atoms with van der Waals surface area (Å²) in [5.74, 6) is -1.32. The highest BCUT2D eigenvalue weighted by molar-refractivity contribution is 6.11. The highest BCUT2D eigenvalue weighted by Crippen LogP contribution is 2.37. The molecule has 3 heterocycles. The number of pyridine rings is 2. The number of halogens is 3. The lowest BCUT2D eigenvalue weighted by Gasteiger charge is -2.20. The largest absolute Gasteiger partial charge is 0.435 e. The van der Waals surface area contributed by atoms with Crippen LogP contribution in [0.25, 0.3) is 16.9 Å². The van der Waals surface area contributed by atoms with Crippen LogP contribution < -0.4 is 10.6 Å². The number of fused-ring (bicyclic) bond motifs is 1. The fraction of sp³-hybridized carbons (Fsp3) is 0.276. The number of nitrogens with zero attached hydrogens (tertiary/aromatic N) is 4. The summed E-state index contributed by atoms with van der Waals surface area (Å²) in [6.45, 7) is 1.66. The molecule has 40 heavy (non-hydrogen) atoms. The first-order valence-corrected chi connectivity index (χ1v) is 12.9. The van der Waals surface area contributed by atoms with Gasteiger partial charge in [-0.2, -0.15) is 18.3 Å². The molecule has 2 N–H and O–H groups in total. The van der Waals surface area contributed by atoms with Crippen molar-refractivity contribution in [3.63, 3.8) is 0 Å². The molecule has 0 saturated heterocycles. The van der Waals surface area contributed by atoms with E-state index >= 15 is 0 Å². The topological polar surface area (TPSA) is 102 Å². The SMILES string of the molecule is CNC(=O)c1c(NC(=O)c2cc(C(F)(F)F)nn2-c2ncccc2C)nc2c(c1-c1ccccc1)CCCCC2. The summed E-state index contributed by atoms with van der Waals surface area (Å²) in [5, 5.41) is 8.95.